The number of fused-ring (bicyclic) bond motifs is 4. The molecule has 2 aromatic carbocycles. The summed E-state index contributed by atoms with van der Waals surface area (Å²) < 4.78 is 0. The summed E-state index contributed by atoms with van der Waals surface area (Å²) in [6.07, 6.45) is 4.79. The van der Waals surface area contributed by atoms with Crippen LogP contribution in [-0.2, 0) is 25.7 Å². The molecule has 0 spiro atoms. The van der Waals surface area contributed by atoms with Crippen LogP contribution in [0.25, 0.3) is 0 Å². The molecule has 0 unspecified atom stereocenters. The fourth-order valence-electron chi connectivity index (χ4n) is 3.46. The van der Waals surface area contributed by atoms with Crippen molar-refractivity contribution in [2.24, 2.45) is 0 Å². The molecule has 0 amide bonds. The van der Waals surface area contributed by atoms with Crippen LogP contribution in [0.4, 0.5) is 5.69 Å². The van der Waals surface area contributed by atoms with Crippen molar-refractivity contribution in [3.8, 4) is 0 Å². The maximum atomic E-state index is 11.2. The second-order valence-electron chi connectivity index (χ2n) is 6.20. The molecule has 0 aromatic heterocycles. The van der Waals surface area contributed by atoms with Crippen molar-refractivity contribution in [3.05, 3.63) is 73.8 Å². The third kappa shape index (κ3) is 2.76. The fourth-order valence-corrected chi connectivity index (χ4v) is 3.46. The Morgan fingerprint density at radius 3 is 2.05 bits per heavy atom. The van der Waals surface area contributed by atoms with Crippen molar-refractivity contribution < 1.29 is 4.92 Å². The van der Waals surface area contributed by atoms with E-state index in [0.717, 1.165) is 43.2 Å². The van der Waals surface area contributed by atoms with Crippen molar-refractivity contribution in [3.63, 3.8) is 0 Å². The average molecular weight is 295 g/mol. The molecule has 0 aliphatic heterocycles. The van der Waals surface area contributed by atoms with Gasteiger partial charge in [-0.15, -0.1) is 0 Å². The smallest absolute Gasteiger partial charge is 0.258 e. The fraction of sp³-hybridized carbons (Fsp3) is 0.368. The first kappa shape index (κ1) is 14.8. The van der Waals surface area contributed by atoms with Gasteiger partial charge in [-0.25, -0.2) is 0 Å². The standard InChI is InChI=1S/C19H21NO2/c1-13-15-5-3-7-16(13)9-10-18-12-19(20(21)22)11-17(14(18)2)8-4-6-15/h3,5,7,11-12H,4,6,8-10H2,1-2H3. The van der Waals surface area contributed by atoms with E-state index in [0.29, 0.717) is 0 Å². The van der Waals surface area contributed by atoms with Crippen LogP contribution in [0.1, 0.15) is 39.8 Å². The van der Waals surface area contributed by atoms with E-state index in [1.807, 2.05) is 0 Å². The van der Waals surface area contributed by atoms with Gasteiger partial charge in [0.2, 0.25) is 0 Å². The minimum absolute atomic E-state index is 0.235. The number of nitro groups is 1. The average Bonchev–Trinajstić information content (AvgIpc) is 2.50. The van der Waals surface area contributed by atoms with E-state index in [9.17, 15) is 10.1 Å². The van der Waals surface area contributed by atoms with Crippen molar-refractivity contribution in [2.45, 2.75) is 46.0 Å². The summed E-state index contributed by atoms with van der Waals surface area (Å²) in [5, 5.41) is 11.2. The molecule has 3 heteroatoms. The summed E-state index contributed by atoms with van der Waals surface area (Å²) in [7, 11) is 0. The van der Waals surface area contributed by atoms with Crippen molar-refractivity contribution >= 4 is 5.69 Å². The van der Waals surface area contributed by atoms with Gasteiger partial charge in [-0.05, 0) is 79.3 Å². The molecule has 1 aliphatic carbocycles. The molecule has 2 aromatic rings. The van der Waals surface area contributed by atoms with Gasteiger partial charge in [-0.2, -0.15) is 0 Å². The predicted octanol–water partition coefficient (Wildman–Crippen LogP) is 4.49. The van der Waals surface area contributed by atoms with Crippen molar-refractivity contribution in [1.29, 1.82) is 0 Å². The number of aryl methyl sites for hydroxylation is 4. The lowest BCUT2D eigenvalue weighted by Gasteiger charge is -2.11. The predicted molar refractivity (Wildman–Crippen MR) is 88.4 cm³/mol. The van der Waals surface area contributed by atoms with E-state index in [4.69, 9.17) is 0 Å². The summed E-state index contributed by atoms with van der Waals surface area (Å²) in [6.45, 7) is 4.31. The van der Waals surface area contributed by atoms with Gasteiger partial charge in [-0.1, -0.05) is 18.2 Å². The largest absolute Gasteiger partial charge is 0.269 e. The van der Waals surface area contributed by atoms with Gasteiger partial charge in [0.25, 0.3) is 5.69 Å². The normalized spacial score (nSPS) is 14.3. The van der Waals surface area contributed by atoms with Crippen molar-refractivity contribution in [2.75, 3.05) is 0 Å². The van der Waals surface area contributed by atoms with Gasteiger partial charge in [0, 0.05) is 12.1 Å². The van der Waals surface area contributed by atoms with Crippen LogP contribution in [0.2, 0.25) is 0 Å². The van der Waals surface area contributed by atoms with E-state index in [1.54, 1.807) is 12.1 Å². The topological polar surface area (TPSA) is 43.1 Å². The van der Waals surface area contributed by atoms with Gasteiger partial charge in [-0.3, -0.25) is 10.1 Å². The Balaban J connectivity index is 2.06. The highest BCUT2D eigenvalue weighted by Gasteiger charge is 2.16. The Bertz CT molecular complexity index is 734. The zero-order valence-corrected chi connectivity index (χ0v) is 13.2. The molecule has 4 bridgehead atoms. The molecule has 0 saturated carbocycles. The monoisotopic (exact) mass is 295 g/mol. The molecular formula is C19H21NO2. The number of hydrogen-bond acceptors (Lipinski definition) is 2. The molecule has 0 atom stereocenters. The molecule has 1 aliphatic rings. The molecule has 0 saturated heterocycles. The number of benzene rings is 2. The lowest BCUT2D eigenvalue weighted by atomic mass is 9.94. The summed E-state index contributed by atoms with van der Waals surface area (Å²) in [5.74, 6) is 0. The van der Waals surface area contributed by atoms with Gasteiger partial charge < -0.3 is 0 Å². The first-order valence-corrected chi connectivity index (χ1v) is 7.90. The maximum absolute atomic E-state index is 11.2. The van der Waals surface area contributed by atoms with Crippen LogP contribution in [0, 0.1) is 24.0 Å². The van der Waals surface area contributed by atoms with E-state index < -0.39 is 0 Å². The number of rotatable bonds is 1. The Labute approximate surface area is 131 Å². The van der Waals surface area contributed by atoms with Crippen LogP contribution < -0.4 is 0 Å². The minimum atomic E-state index is -0.266. The highest BCUT2D eigenvalue weighted by Crippen LogP contribution is 2.27. The first-order chi connectivity index (χ1) is 10.6. The summed E-state index contributed by atoms with van der Waals surface area (Å²) >= 11 is 0. The third-order valence-electron chi connectivity index (χ3n) is 4.93. The second-order valence-corrected chi connectivity index (χ2v) is 6.20. The first-order valence-electron chi connectivity index (χ1n) is 7.90. The Kier molecular flexibility index (Phi) is 3.97. The lowest BCUT2D eigenvalue weighted by molar-refractivity contribution is -0.385. The number of non-ortho nitro benzene ring substituents is 1. The third-order valence-corrected chi connectivity index (χ3v) is 4.93. The van der Waals surface area contributed by atoms with Crippen molar-refractivity contribution in [1.82, 2.24) is 0 Å². The van der Waals surface area contributed by atoms with E-state index >= 15 is 0 Å². The highest BCUT2D eigenvalue weighted by atomic mass is 16.6. The number of nitrogens with zero attached hydrogens (tertiary/aromatic N) is 1. The molecule has 0 radical (unpaired) electrons. The summed E-state index contributed by atoms with van der Waals surface area (Å²) in [6, 6.07) is 10.1. The summed E-state index contributed by atoms with van der Waals surface area (Å²) in [4.78, 5) is 10.9. The molecule has 3 rings (SSSR count). The Morgan fingerprint density at radius 2 is 1.36 bits per heavy atom. The van der Waals surface area contributed by atoms with Crippen LogP contribution >= 0.6 is 0 Å². The van der Waals surface area contributed by atoms with Crippen LogP contribution in [0.5, 0.6) is 0 Å². The number of nitro benzene ring substituents is 1. The molecule has 0 heterocycles. The zero-order chi connectivity index (χ0) is 15.7. The summed E-state index contributed by atoms with van der Waals surface area (Å²) in [5.41, 5.74) is 7.90. The molecular weight excluding hydrogens is 274 g/mol. The number of hydrogen-bond donors (Lipinski definition) is 0. The Hall–Kier alpha value is -2.16. The zero-order valence-electron chi connectivity index (χ0n) is 13.2. The molecule has 0 N–H and O–H groups in total. The second kappa shape index (κ2) is 5.91. The van der Waals surface area contributed by atoms with E-state index in [2.05, 4.69) is 32.0 Å². The van der Waals surface area contributed by atoms with Gasteiger partial charge in [0.05, 0.1) is 4.92 Å². The quantitative estimate of drug-likeness (QED) is 0.575. The minimum Gasteiger partial charge on any atom is -0.258 e. The Morgan fingerprint density at radius 1 is 0.864 bits per heavy atom. The van der Waals surface area contributed by atoms with Gasteiger partial charge in [0.15, 0.2) is 0 Å². The molecule has 22 heavy (non-hydrogen) atoms. The van der Waals surface area contributed by atoms with E-state index in [-0.39, 0.29) is 10.6 Å². The SMILES string of the molecule is Cc1c2cccc1CCc1cc([N+](=O)[O-])cc(c1C)CCC2. The van der Waals surface area contributed by atoms with E-state index in [1.165, 1.54) is 22.3 Å². The molecule has 114 valence electrons. The maximum Gasteiger partial charge on any atom is 0.269 e. The molecule has 3 nitrogen and oxygen atoms in total. The van der Waals surface area contributed by atoms with Crippen LogP contribution in [0.3, 0.4) is 0 Å². The van der Waals surface area contributed by atoms with Gasteiger partial charge in [0.1, 0.15) is 0 Å². The van der Waals surface area contributed by atoms with Crippen LogP contribution in [-0.4, -0.2) is 4.92 Å². The van der Waals surface area contributed by atoms with Gasteiger partial charge >= 0.3 is 0 Å². The highest BCUT2D eigenvalue weighted by molar-refractivity contribution is 5.46. The lowest BCUT2D eigenvalue weighted by Crippen LogP contribution is -2.01. The molecule has 0 fully saturated rings. The van der Waals surface area contributed by atoms with Crippen LogP contribution in [0.15, 0.2) is 30.3 Å².